The Balaban J connectivity index is 2.05. The standard InChI is InChI=1S/C15H19ClN2/c1-2-12(9-11-7-8-11)18-14-6-4-3-5-13(14)17-15(18)10-16/h3-6,11-12H,2,7-10H2,1H3. The first-order valence-corrected chi connectivity index (χ1v) is 7.38. The number of hydrogen-bond donors (Lipinski definition) is 0. The summed E-state index contributed by atoms with van der Waals surface area (Å²) in [6, 6.07) is 8.92. The normalized spacial score (nSPS) is 17.2. The van der Waals surface area contributed by atoms with E-state index >= 15 is 0 Å². The van der Waals surface area contributed by atoms with Crippen LogP contribution >= 0.6 is 11.6 Å². The van der Waals surface area contributed by atoms with Gasteiger partial charge in [0.05, 0.1) is 16.9 Å². The molecule has 1 atom stereocenters. The smallest absolute Gasteiger partial charge is 0.125 e. The molecule has 1 heterocycles. The lowest BCUT2D eigenvalue weighted by Gasteiger charge is -2.19. The predicted octanol–water partition coefficient (Wildman–Crippen LogP) is 4.53. The van der Waals surface area contributed by atoms with Crippen molar-refractivity contribution in [3.8, 4) is 0 Å². The molecule has 3 rings (SSSR count). The van der Waals surface area contributed by atoms with Crippen molar-refractivity contribution in [1.82, 2.24) is 9.55 Å². The summed E-state index contributed by atoms with van der Waals surface area (Å²) in [6.45, 7) is 2.26. The second-order valence-electron chi connectivity index (χ2n) is 5.26. The van der Waals surface area contributed by atoms with Crippen LogP contribution in [-0.2, 0) is 5.88 Å². The second kappa shape index (κ2) is 4.93. The molecule has 3 heteroatoms. The number of benzene rings is 1. The minimum absolute atomic E-state index is 0.496. The van der Waals surface area contributed by atoms with E-state index in [1.807, 2.05) is 6.07 Å². The van der Waals surface area contributed by atoms with Crippen molar-refractivity contribution in [3.63, 3.8) is 0 Å². The van der Waals surface area contributed by atoms with Gasteiger partial charge < -0.3 is 4.57 Å². The Morgan fingerprint density at radius 3 is 2.83 bits per heavy atom. The molecule has 0 saturated heterocycles. The molecule has 0 radical (unpaired) electrons. The van der Waals surface area contributed by atoms with E-state index in [0.717, 1.165) is 23.7 Å². The molecular weight excluding hydrogens is 244 g/mol. The van der Waals surface area contributed by atoms with Gasteiger partial charge in [0.25, 0.3) is 0 Å². The number of imidazole rings is 1. The fourth-order valence-electron chi connectivity index (χ4n) is 2.79. The van der Waals surface area contributed by atoms with E-state index in [1.165, 1.54) is 24.8 Å². The molecule has 1 aliphatic carbocycles. The van der Waals surface area contributed by atoms with Crippen molar-refractivity contribution in [2.24, 2.45) is 5.92 Å². The molecule has 1 aromatic heterocycles. The number of halogens is 1. The average Bonchev–Trinajstić information content (AvgIpc) is 3.15. The summed E-state index contributed by atoms with van der Waals surface area (Å²) in [6.07, 6.45) is 5.24. The van der Waals surface area contributed by atoms with E-state index in [2.05, 4.69) is 34.7 Å². The molecule has 0 spiro atoms. The zero-order chi connectivity index (χ0) is 12.5. The molecule has 2 nitrogen and oxygen atoms in total. The number of alkyl halides is 1. The summed E-state index contributed by atoms with van der Waals surface area (Å²) in [5.41, 5.74) is 2.31. The van der Waals surface area contributed by atoms with Gasteiger partial charge in [-0.3, -0.25) is 0 Å². The lowest BCUT2D eigenvalue weighted by atomic mass is 10.1. The quantitative estimate of drug-likeness (QED) is 0.724. The number of para-hydroxylation sites is 2. The van der Waals surface area contributed by atoms with E-state index in [1.54, 1.807) is 0 Å². The van der Waals surface area contributed by atoms with Gasteiger partial charge in [0.1, 0.15) is 5.82 Å². The number of nitrogens with zero attached hydrogens (tertiary/aromatic N) is 2. The minimum Gasteiger partial charge on any atom is -0.324 e. The molecule has 1 unspecified atom stereocenters. The van der Waals surface area contributed by atoms with Gasteiger partial charge in [0.2, 0.25) is 0 Å². The maximum Gasteiger partial charge on any atom is 0.125 e. The molecule has 1 aliphatic rings. The molecule has 0 amide bonds. The van der Waals surface area contributed by atoms with Crippen molar-refractivity contribution in [2.75, 3.05) is 0 Å². The minimum atomic E-state index is 0.496. The van der Waals surface area contributed by atoms with E-state index in [0.29, 0.717) is 11.9 Å². The third-order valence-electron chi connectivity index (χ3n) is 3.93. The van der Waals surface area contributed by atoms with Crippen LogP contribution in [0, 0.1) is 5.92 Å². The summed E-state index contributed by atoms with van der Waals surface area (Å²) in [5, 5.41) is 0. The van der Waals surface area contributed by atoms with Gasteiger partial charge in [0.15, 0.2) is 0 Å². The highest BCUT2D eigenvalue weighted by molar-refractivity contribution is 6.16. The van der Waals surface area contributed by atoms with Gasteiger partial charge in [0, 0.05) is 6.04 Å². The lowest BCUT2D eigenvalue weighted by molar-refractivity contribution is 0.429. The fraction of sp³-hybridized carbons (Fsp3) is 0.533. The van der Waals surface area contributed by atoms with Gasteiger partial charge in [-0.25, -0.2) is 4.98 Å². The van der Waals surface area contributed by atoms with Crippen LogP contribution in [0.4, 0.5) is 0 Å². The number of rotatable bonds is 5. The Kier molecular flexibility index (Phi) is 3.29. The Morgan fingerprint density at radius 1 is 1.39 bits per heavy atom. The first-order valence-electron chi connectivity index (χ1n) is 6.85. The van der Waals surface area contributed by atoms with Crippen molar-refractivity contribution in [1.29, 1.82) is 0 Å². The van der Waals surface area contributed by atoms with Gasteiger partial charge in [-0.2, -0.15) is 0 Å². The summed E-state index contributed by atoms with van der Waals surface area (Å²) >= 11 is 6.07. The van der Waals surface area contributed by atoms with E-state index in [9.17, 15) is 0 Å². The van der Waals surface area contributed by atoms with E-state index in [-0.39, 0.29) is 0 Å². The van der Waals surface area contributed by atoms with Crippen molar-refractivity contribution >= 4 is 22.6 Å². The summed E-state index contributed by atoms with van der Waals surface area (Å²) < 4.78 is 2.38. The number of hydrogen-bond acceptors (Lipinski definition) is 1. The van der Waals surface area contributed by atoms with Crippen LogP contribution < -0.4 is 0 Å². The predicted molar refractivity (Wildman–Crippen MR) is 76.0 cm³/mol. The van der Waals surface area contributed by atoms with Crippen LogP contribution in [0.25, 0.3) is 11.0 Å². The highest BCUT2D eigenvalue weighted by Gasteiger charge is 2.27. The van der Waals surface area contributed by atoms with Gasteiger partial charge in [-0.05, 0) is 30.9 Å². The van der Waals surface area contributed by atoms with Crippen LogP contribution in [0.1, 0.15) is 44.5 Å². The Labute approximate surface area is 113 Å². The maximum absolute atomic E-state index is 6.07. The zero-order valence-corrected chi connectivity index (χ0v) is 11.5. The highest BCUT2D eigenvalue weighted by atomic mass is 35.5. The van der Waals surface area contributed by atoms with E-state index in [4.69, 9.17) is 11.6 Å². The molecule has 96 valence electrons. The Bertz CT molecular complexity index is 542. The van der Waals surface area contributed by atoms with Crippen LogP contribution in [0.5, 0.6) is 0 Å². The summed E-state index contributed by atoms with van der Waals surface area (Å²) in [4.78, 5) is 4.66. The Morgan fingerprint density at radius 2 is 2.17 bits per heavy atom. The first-order chi connectivity index (χ1) is 8.83. The monoisotopic (exact) mass is 262 g/mol. The zero-order valence-electron chi connectivity index (χ0n) is 10.8. The van der Waals surface area contributed by atoms with Crippen LogP contribution in [0.15, 0.2) is 24.3 Å². The molecule has 0 N–H and O–H groups in total. The van der Waals surface area contributed by atoms with Crippen LogP contribution in [0.2, 0.25) is 0 Å². The fourth-order valence-corrected chi connectivity index (χ4v) is 2.98. The van der Waals surface area contributed by atoms with Crippen LogP contribution in [0.3, 0.4) is 0 Å². The molecule has 0 bridgehead atoms. The first kappa shape index (κ1) is 12.0. The molecule has 18 heavy (non-hydrogen) atoms. The largest absolute Gasteiger partial charge is 0.324 e. The average molecular weight is 263 g/mol. The summed E-state index contributed by atoms with van der Waals surface area (Å²) in [5.74, 6) is 2.44. The van der Waals surface area contributed by atoms with E-state index < -0.39 is 0 Å². The topological polar surface area (TPSA) is 17.8 Å². The number of aromatic nitrogens is 2. The van der Waals surface area contributed by atoms with Gasteiger partial charge in [-0.15, -0.1) is 11.6 Å². The highest BCUT2D eigenvalue weighted by Crippen LogP contribution is 2.39. The SMILES string of the molecule is CCC(CC1CC1)n1c(CCl)nc2ccccc21. The molecule has 0 aliphatic heterocycles. The van der Waals surface area contributed by atoms with Gasteiger partial charge >= 0.3 is 0 Å². The molecular formula is C15H19ClN2. The molecule has 1 fully saturated rings. The van der Waals surface area contributed by atoms with Crippen molar-refractivity contribution in [3.05, 3.63) is 30.1 Å². The third-order valence-corrected chi connectivity index (χ3v) is 4.17. The summed E-state index contributed by atoms with van der Waals surface area (Å²) in [7, 11) is 0. The molecule has 2 aromatic rings. The van der Waals surface area contributed by atoms with Crippen molar-refractivity contribution in [2.45, 2.75) is 44.5 Å². The van der Waals surface area contributed by atoms with Crippen molar-refractivity contribution < 1.29 is 0 Å². The molecule has 1 aromatic carbocycles. The van der Waals surface area contributed by atoms with Crippen LogP contribution in [-0.4, -0.2) is 9.55 Å². The number of fused-ring (bicyclic) bond motifs is 1. The lowest BCUT2D eigenvalue weighted by Crippen LogP contribution is -2.11. The molecule has 1 saturated carbocycles. The maximum atomic E-state index is 6.07. The second-order valence-corrected chi connectivity index (χ2v) is 5.53. The Hall–Kier alpha value is -1.02. The third kappa shape index (κ3) is 2.14. The van der Waals surface area contributed by atoms with Gasteiger partial charge in [-0.1, -0.05) is 31.9 Å².